The van der Waals surface area contributed by atoms with Gasteiger partial charge in [0.05, 0.1) is 0 Å². The van der Waals surface area contributed by atoms with Gasteiger partial charge in [0.25, 0.3) is 0 Å². The maximum Gasteiger partial charge on any atom is 0.120 e. The lowest BCUT2D eigenvalue weighted by Crippen LogP contribution is -1.96. The summed E-state index contributed by atoms with van der Waals surface area (Å²) in [7, 11) is 0. The Morgan fingerprint density at radius 3 is 2.47 bits per heavy atom. The van der Waals surface area contributed by atoms with E-state index in [9.17, 15) is 0 Å². The average Bonchev–Trinajstić information content (AvgIpc) is 2.30. The largest absolute Gasteiger partial charge is 0.508 e. The highest BCUT2D eigenvalue weighted by molar-refractivity contribution is 9.10. The summed E-state index contributed by atoms with van der Waals surface area (Å²) in [4.78, 5) is 0. The zero-order valence-electron chi connectivity index (χ0n) is 9.48. The fourth-order valence-corrected chi connectivity index (χ4v) is 2.08. The highest BCUT2D eigenvalue weighted by Crippen LogP contribution is 2.21. The van der Waals surface area contributed by atoms with Crippen molar-refractivity contribution in [3.8, 4) is 11.5 Å². The Bertz CT molecular complexity index is 506. The van der Waals surface area contributed by atoms with Crippen LogP contribution in [0.25, 0.3) is 0 Å². The topological polar surface area (TPSA) is 29.5 Å². The zero-order valence-corrected chi connectivity index (χ0v) is 11.1. The molecule has 0 bridgehead atoms. The van der Waals surface area contributed by atoms with Gasteiger partial charge in [-0.25, -0.2) is 0 Å². The molecule has 0 spiro atoms. The van der Waals surface area contributed by atoms with Crippen LogP contribution in [0.5, 0.6) is 11.5 Å². The van der Waals surface area contributed by atoms with Gasteiger partial charge in [0, 0.05) is 10.0 Å². The Morgan fingerprint density at radius 1 is 1.12 bits per heavy atom. The van der Waals surface area contributed by atoms with E-state index < -0.39 is 0 Å². The second-order valence-corrected chi connectivity index (χ2v) is 4.73. The van der Waals surface area contributed by atoms with Gasteiger partial charge in [-0.2, -0.15) is 0 Å². The highest BCUT2D eigenvalue weighted by Gasteiger charge is 2.01. The number of halogens is 1. The second-order valence-electron chi connectivity index (χ2n) is 3.88. The summed E-state index contributed by atoms with van der Waals surface area (Å²) >= 11 is 3.51. The third-order valence-electron chi connectivity index (χ3n) is 2.44. The molecule has 1 N–H and O–H groups in total. The van der Waals surface area contributed by atoms with Crippen LogP contribution in [0.3, 0.4) is 0 Å². The molecule has 0 aliphatic rings. The smallest absolute Gasteiger partial charge is 0.120 e. The van der Waals surface area contributed by atoms with Gasteiger partial charge in [0.1, 0.15) is 18.1 Å². The first-order chi connectivity index (χ1) is 8.15. The molecule has 0 heterocycles. The van der Waals surface area contributed by atoms with E-state index in [0.29, 0.717) is 6.61 Å². The SMILES string of the molecule is Cc1ccc(COc2ccc(O)cc2)c(Br)c1. The maximum absolute atomic E-state index is 9.15. The first-order valence-electron chi connectivity index (χ1n) is 5.32. The number of aryl methyl sites for hydroxylation is 1. The fraction of sp³-hybridized carbons (Fsp3) is 0.143. The number of phenolic OH excluding ortho intramolecular Hbond substituents is 1. The molecule has 0 fully saturated rings. The van der Waals surface area contributed by atoms with Crippen molar-refractivity contribution in [2.45, 2.75) is 13.5 Å². The third-order valence-corrected chi connectivity index (χ3v) is 3.18. The number of hydrogen-bond acceptors (Lipinski definition) is 2. The van der Waals surface area contributed by atoms with Crippen LogP contribution in [0.4, 0.5) is 0 Å². The summed E-state index contributed by atoms with van der Waals surface area (Å²) in [5.41, 5.74) is 2.31. The summed E-state index contributed by atoms with van der Waals surface area (Å²) in [6.07, 6.45) is 0. The standard InChI is InChI=1S/C14H13BrO2/c1-10-2-3-11(14(15)8-10)9-17-13-6-4-12(16)5-7-13/h2-8,16H,9H2,1H3. The van der Waals surface area contributed by atoms with Gasteiger partial charge < -0.3 is 9.84 Å². The van der Waals surface area contributed by atoms with Crippen LogP contribution in [0.1, 0.15) is 11.1 Å². The lowest BCUT2D eigenvalue weighted by molar-refractivity contribution is 0.305. The van der Waals surface area contributed by atoms with Crippen molar-refractivity contribution in [1.29, 1.82) is 0 Å². The van der Waals surface area contributed by atoms with Crippen molar-refractivity contribution in [2.24, 2.45) is 0 Å². The Labute approximate surface area is 109 Å². The van der Waals surface area contributed by atoms with Gasteiger partial charge in [-0.3, -0.25) is 0 Å². The van der Waals surface area contributed by atoms with Crippen LogP contribution in [0, 0.1) is 6.92 Å². The Kier molecular flexibility index (Phi) is 3.69. The average molecular weight is 293 g/mol. The normalized spacial score (nSPS) is 10.2. The quantitative estimate of drug-likeness (QED) is 0.925. The predicted molar refractivity (Wildman–Crippen MR) is 71.3 cm³/mol. The molecular formula is C14H13BrO2. The van der Waals surface area contributed by atoms with Gasteiger partial charge in [-0.1, -0.05) is 28.1 Å². The molecular weight excluding hydrogens is 280 g/mol. The molecule has 0 saturated carbocycles. The number of aromatic hydroxyl groups is 1. The molecule has 2 nitrogen and oxygen atoms in total. The van der Waals surface area contributed by atoms with E-state index in [4.69, 9.17) is 9.84 Å². The fourth-order valence-electron chi connectivity index (χ4n) is 1.47. The molecule has 88 valence electrons. The molecule has 0 aliphatic heterocycles. The van der Waals surface area contributed by atoms with Crippen LogP contribution in [0.2, 0.25) is 0 Å². The van der Waals surface area contributed by atoms with Crippen molar-refractivity contribution in [1.82, 2.24) is 0 Å². The van der Waals surface area contributed by atoms with E-state index in [0.717, 1.165) is 15.8 Å². The summed E-state index contributed by atoms with van der Waals surface area (Å²) in [5, 5.41) is 9.15. The molecule has 2 aromatic rings. The number of ether oxygens (including phenoxy) is 1. The number of phenols is 1. The molecule has 0 saturated heterocycles. The molecule has 0 aliphatic carbocycles. The summed E-state index contributed by atoms with van der Waals surface area (Å²) in [5.74, 6) is 0.990. The lowest BCUT2D eigenvalue weighted by atomic mass is 10.2. The van der Waals surface area contributed by atoms with E-state index in [-0.39, 0.29) is 5.75 Å². The van der Waals surface area contributed by atoms with Crippen LogP contribution >= 0.6 is 15.9 Å². The van der Waals surface area contributed by atoms with Crippen molar-refractivity contribution in [3.05, 3.63) is 58.1 Å². The lowest BCUT2D eigenvalue weighted by Gasteiger charge is -2.08. The summed E-state index contributed by atoms with van der Waals surface area (Å²) in [6, 6.07) is 12.9. The number of benzene rings is 2. The number of hydrogen-bond donors (Lipinski definition) is 1. The van der Waals surface area contributed by atoms with E-state index in [1.54, 1.807) is 24.3 Å². The molecule has 2 rings (SSSR count). The first kappa shape index (κ1) is 12.0. The van der Waals surface area contributed by atoms with Crippen molar-refractivity contribution < 1.29 is 9.84 Å². The zero-order chi connectivity index (χ0) is 12.3. The van der Waals surface area contributed by atoms with Crippen LogP contribution in [0.15, 0.2) is 46.9 Å². The second kappa shape index (κ2) is 5.23. The molecule has 0 atom stereocenters. The minimum Gasteiger partial charge on any atom is -0.508 e. The Hall–Kier alpha value is -1.48. The molecule has 0 radical (unpaired) electrons. The van der Waals surface area contributed by atoms with Gasteiger partial charge in [-0.15, -0.1) is 0 Å². The van der Waals surface area contributed by atoms with Gasteiger partial charge >= 0.3 is 0 Å². The molecule has 0 aromatic heterocycles. The van der Waals surface area contributed by atoms with Crippen molar-refractivity contribution >= 4 is 15.9 Å². The summed E-state index contributed by atoms with van der Waals surface area (Å²) in [6.45, 7) is 2.56. The minimum atomic E-state index is 0.244. The van der Waals surface area contributed by atoms with Crippen molar-refractivity contribution in [3.63, 3.8) is 0 Å². The Balaban J connectivity index is 2.04. The molecule has 3 heteroatoms. The van der Waals surface area contributed by atoms with Gasteiger partial charge in [0.15, 0.2) is 0 Å². The molecule has 0 unspecified atom stereocenters. The van der Waals surface area contributed by atoms with E-state index >= 15 is 0 Å². The monoisotopic (exact) mass is 292 g/mol. The molecule has 2 aromatic carbocycles. The van der Waals surface area contributed by atoms with E-state index in [1.165, 1.54) is 5.56 Å². The van der Waals surface area contributed by atoms with Gasteiger partial charge in [-0.05, 0) is 42.8 Å². The van der Waals surface area contributed by atoms with E-state index in [1.807, 2.05) is 6.07 Å². The molecule has 17 heavy (non-hydrogen) atoms. The van der Waals surface area contributed by atoms with Gasteiger partial charge in [0.2, 0.25) is 0 Å². The third kappa shape index (κ3) is 3.24. The van der Waals surface area contributed by atoms with E-state index in [2.05, 4.69) is 35.0 Å². The van der Waals surface area contributed by atoms with Crippen LogP contribution in [-0.2, 0) is 6.61 Å². The first-order valence-corrected chi connectivity index (χ1v) is 6.11. The summed E-state index contributed by atoms with van der Waals surface area (Å²) < 4.78 is 6.68. The minimum absolute atomic E-state index is 0.244. The maximum atomic E-state index is 9.15. The molecule has 0 amide bonds. The number of rotatable bonds is 3. The highest BCUT2D eigenvalue weighted by atomic mass is 79.9. The van der Waals surface area contributed by atoms with Crippen molar-refractivity contribution in [2.75, 3.05) is 0 Å². The van der Waals surface area contributed by atoms with Crippen LogP contribution in [-0.4, -0.2) is 5.11 Å². The predicted octanol–water partition coefficient (Wildman–Crippen LogP) is 4.04. The van der Waals surface area contributed by atoms with Crippen LogP contribution < -0.4 is 4.74 Å². The Morgan fingerprint density at radius 2 is 1.82 bits per heavy atom.